The quantitative estimate of drug-likeness (QED) is 0.550. The van der Waals surface area contributed by atoms with Gasteiger partial charge in [-0.1, -0.05) is 69.4 Å². The molecule has 0 aromatic heterocycles. The van der Waals surface area contributed by atoms with Gasteiger partial charge in [-0.15, -0.1) is 0 Å². The van der Waals surface area contributed by atoms with Gasteiger partial charge in [0.15, 0.2) is 0 Å². The molecule has 0 aliphatic carbocycles. The van der Waals surface area contributed by atoms with Crippen molar-refractivity contribution in [3.63, 3.8) is 0 Å². The zero-order valence-electron chi connectivity index (χ0n) is 17.2. The molecule has 1 aliphatic heterocycles. The van der Waals surface area contributed by atoms with E-state index < -0.39 is 11.7 Å². The molecule has 1 heterocycles. The van der Waals surface area contributed by atoms with Crippen LogP contribution in [-0.4, -0.2) is 37.6 Å². The molecule has 1 saturated heterocycles. The fourth-order valence-corrected chi connectivity index (χ4v) is 3.19. The highest BCUT2D eigenvalue weighted by Gasteiger charge is 2.37. The Kier molecular flexibility index (Phi) is 8.64. The van der Waals surface area contributed by atoms with Gasteiger partial charge in [-0.25, -0.2) is 4.79 Å². The largest absolute Gasteiger partial charge is 0.494 e. The first kappa shape index (κ1) is 21.8. The van der Waals surface area contributed by atoms with Crippen molar-refractivity contribution < 1.29 is 18.8 Å². The summed E-state index contributed by atoms with van der Waals surface area (Å²) in [7, 11) is -0.386. The summed E-state index contributed by atoms with van der Waals surface area (Å²) in [5.41, 5.74) is 0.479. The minimum absolute atomic E-state index is 0.0851. The van der Waals surface area contributed by atoms with Gasteiger partial charge in [-0.2, -0.15) is 0 Å². The van der Waals surface area contributed by atoms with Crippen LogP contribution >= 0.6 is 0 Å². The van der Waals surface area contributed by atoms with Gasteiger partial charge in [0, 0.05) is 0 Å². The van der Waals surface area contributed by atoms with Crippen LogP contribution in [0, 0.1) is 0 Å². The van der Waals surface area contributed by atoms with E-state index >= 15 is 0 Å². The number of ether oxygens (including phenoxy) is 1. The van der Waals surface area contributed by atoms with Crippen LogP contribution in [0.15, 0.2) is 30.3 Å². The van der Waals surface area contributed by atoms with Gasteiger partial charge in [0.25, 0.3) is 0 Å². The molecule has 1 aromatic carbocycles. The fraction of sp³-hybridized carbons (Fsp3) is 0.667. The Hall–Kier alpha value is -1.53. The Morgan fingerprint density at radius 1 is 1.19 bits per heavy atom. The highest BCUT2D eigenvalue weighted by Crippen LogP contribution is 2.19. The molecule has 27 heavy (non-hydrogen) atoms. The maximum absolute atomic E-state index is 12.2. The molecule has 150 valence electrons. The molecular weight excluding hydrogens is 341 g/mol. The number of rotatable bonds is 8. The lowest BCUT2D eigenvalue weighted by Crippen LogP contribution is -2.57. The summed E-state index contributed by atoms with van der Waals surface area (Å²) < 4.78 is 17.5. The van der Waals surface area contributed by atoms with Crippen LogP contribution < -0.4 is 10.8 Å². The van der Waals surface area contributed by atoms with Crippen LogP contribution in [0.5, 0.6) is 0 Å². The summed E-state index contributed by atoms with van der Waals surface area (Å²) in [5.74, 6) is 0. The van der Waals surface area contributed by atoms with E-state index in [9.17, 15) is 4.79 Å². The number of carbonyl (C=O) groups is 1. The number of benzene rings is 1. The maximum atomic E-state index is 12.2. The van der Waals surface area contributed by atoms with E-state index in [1.54, 1.807) is 0 Å². The molecule has 1 N–H and O–H groups in total. The summed E-state index contributed by atoms with van der Waals surface area (Å²) in [6, 6.07) is 9.74. The molecule has 0 spiro atoms. The standard InChI is InChI=1S/C21H34BNO4/c1-5-6-7-8-12-15-19-18(23-20(24)26-21(2,3)4)16-25-22(27-19)17-13-10-9-11-14-17/h9-11,13-14,18-19H,5-8,12,15-16H2,1-4H3,(H,23,24)/t18-,19+/m0/s1. The molecule has 0 radical (unpaired) electrons. The monoisotopic (exact) mass is 375 g/mol. The van der Waals surface area contributed by atoms with Crippen LogP contribution in [0.4, 0.5) is 4.79 Å². The Morgan fingerprint density at radius 2 is 1.89 bits per heavy atom. The van der Waals surface area contributed by atoms with Crippen molar-refractivity contribution in [2.24, 2.45) is 0 Å². The third-order valence-electron chi connectivity index (χ3n) is 4.54. The average Bonchev–Trinajstić information content (AvgIpc) is 2.62. The first-order valence-electron chi connectivity index (χ1n) is 10.2. The average molecular weight is 375 g/mol. The predicted octanol–water partition coefficient (Wildman–Crippen LogP) is 4.05. The van der Waals surface area contributed by atoms with E-state index in [1.165, 1.54) is 25.7 Å². The summed E-state index contributed by atoms with van der Waals surface area (Å²) in [6.45, 7) is 8.20. The smallest absolute Gasteiger partial charge is 0.444 e. The van der Waals surface area contributed by atoms with Crippen molar-refractivity contribution in [3.8, 4) is 0 Å². The van der Waals surface area contributed by atoms with E-state index in [4.69, 9.17) is 14.0 Å². The van der Waals surface area contributed by atoms with Gasteiger partial charge in [0.05, 0.1) is 18.8 Å². The Labute approximate surface area is 164 Å². The Balaban J connectivity index is 1.95. The van der Waals surface area contributed by atoms with Gasteiger partial charge < -0.3 is 19.4 Å². The predicted molar refractivity (Wildman–Crippen MR) is 109 cm³/mol. The summed E-state index contributed by atoms with van der Waals surface area (Å²) in [5, 5.41) is 2.94. The summed E-state index contributed by atoms with van der Waals surface area (Å²) in [6.07, 6.45) is 6.39. The first-order valence-corrected chi connectivity index (χ1v) is 10.2. The third-order valence-corrected chi connectivity index (χ3v) is 4.54. The molecule has 2 atom stereocenters. The van der Waals surface area contributed by atoms with E-state index in [-0.39, 0.29) is 19.3 Å². The summed E-state index contributed by atoms with van der Waals surface area (Å²) >= 11 is 0. The van der Waals surface area contributed by atoms with E-state index in [0.29, 0.717) is 6.61 Å². The van der Waals surface area contributed by atoms with Crippen molar-refractivity contribution in [3.05, 3.63) is 30.3 Å². The highest BCUT2D eigenvalue weighted by atomic mass is 16.6. The van der Waals surface area contributed by atoms with Crippen LogP contribution in [0.3, 0.4) is 0 Å². The number of hydrogen-bond donors (Lipinski definition) is 1. The minimum Gasteiger partial charge on any atom is -0.444 e. The fourth-order valence-electron chi connectivity index (χ4n) is 3.19. The van der Waals surface area contributed by atoms with Crippen molar-refractivity contribution in [1.29, 1.82) is 0 Å². The molecule has 5 nitrogen and oxygen atoms in total. The van der Waals surface area contributed by atoms with Crippen LogP contribution in [0.1, 0.15) is 66.2 Å². The molecule has 2 rings (SSSR count). The molecule has 0 bridgehead atoms. The second kappa shape index (κ2) is 10.7. The lowest BCUT2D eigenvalue weighted by molar-refractivity contribution is 0.0145. The van der Waals surface area contributed by atoms with Gasteiger partial charge >= 0.3 is 13.2 Å². The van der Waals surface area contributed by atoms with Crippen molar-refractivity contribution >= 4 is 18.7 Å². The molecule has 1 amide bonds. The molecular formula is C21H34BNO4. The molecule has 0 saturated carbocycles. The minimum atomic E-state index is -0.525. The number of carbonyl (C=O) groups excluding carboxylic acids is 1. The molecule has 0 unspecified atom stereocenters. The number of amides is 1. The Morgan fingerprint density at radius 3 is 2.56 bits per heavy atom. The molecule has 1 aromatic rings. The van der Waals surface area contributed by atoms with Gasteiger partial charge in [-0.05, 0) is 32.7 Å². The van der Waals surface area contributed by atoms with Crippen molar-refractivity contribution in [2.45, 2.75) is 84.0 Å². The van der Waals surface area contributed by atoms with Crippen LogP contribution in [0.25, 0.3) is 0 Å². The zero-order chi connectivity index (χ0) is 19.7. The van der Waals surface area contributed by atoms with Crippen LogP contribution in [-0.2, 0) is 14.0 Å². The number of nitrogens with one attached hydrogen (secondary N) is 1. The lowest BCUT2D eigenvalue weighted by atomic mass is 9.76. The van der Waals surface area contributed by atoms with Gasteiger partial charge in [-0.3, -0.25) is 0 Å². The summed E-state index contributed by atoms with van der Waals surface area (Å²) in [4.78, 5) is 12.2. The molecule has 1 fully saturated rings. The zero-order valence-corrected chi connectivity index (χ0v) is 17.2. The highest BCUT2D eigenvalue weighted by molar-refractivity contribution is 6.61. The normalized spacial score (nSPS) is 20.4. The second-order valence-corrected chi connectivity index (χ2v) is 8.21. The Bertz CT molecular complexity index is 561. The van der Waals surface area contributed by atoms with Crippen molar-refractivity contribution in [2.75, 3.05) is 6.61 Å². The van der Waals surface area contributed by atoms with E-state index in [2.05, 4.69) is 12.2 Å². The third kappa shape index (κ3) is 7.93. The number of alkyl carbamates (subject to hydrolysis) is 1. The van der Waals surface area contributed by atoms with E-state index in [0.717, 1.165) is 18.3 Å². The number of hydrogen-bond acceptors (Lipinski definition) is 4. The number of unbranched alkanes of at least 4 members (excludes halogenated alkanes) is 4. The van der Waals surface area contributed by atoms with Crippen molar-refractivity contribution in [1.82, 2.24) is 5.32 Å². The van der Waals surface area contributed by atoms with Crippen LogP contribution in [0.2, 0.25) is 0 Å². The SMILES string of the molecule is CCCCCCC[C@H]1OB(c2ccccc2)OC[C@@H]1NC(=O)OC(C)(C)C. The molecule has 6 heteroatoms. The topological polar surface area (TPSA) is 56.8 Å². The van der Waals surface area contributed by atoms with E-state index in [1.807, 2.05) is 51.1 Å². The molecule has 1 aliphatic rings. The van der Waals surface area contributed by atoms with Gasteiger partial charge in [0.2, 0.25) is 0 Å². The first-order chi connectivity index (χ1) is 12.9. The second-order valence-electron chi connectivity index (χ2n) is 8.21. The van der Waals surface area contributed by atoms with Gasteiger partial charge in [0.1, 0.15) is 5.60 Å². The maximum Gasteiger partial charge on any atom is 0.494 e. The lowest BCUT2D eigenvalue weighted by Gasteiger charge is -2.36.